The predicted molar refractivity (Wildman–Crippen MR) is 137 cm³/mol. The van der Waals surface area contributed by atoms with Crippen LogP contribution in [-0.4, -0.2) is 68.8 Å². The van der Waals surface area contributed by atoms with Gasteiger partial charge in [-0.2, -0.15) is 9.97 Å². The van der Waals surface area contributed by atoms with E-state index in [2.05, 4.69) is 31.6 Å². The Morgan fingerprint density at radius 3 is 2.69 bits per heavy atom. The Bertz CT molecular complexity index is 1450. The van der Waals surface area contributed by atoms with Gasteiger partial charge in [0.1, 0.15) is 6.33 Å². The van der Waals surface area contributed by atoms with E-state index < -0.39 is 0 Å². The fourth-order valence-electron chi connectivity index (χ4n) is 4.30. The fourth-order valence-corrected chi connectivity index (χ4v) is 4.30. The van der Waals surface area contributed by atoms with Crippen LogP contribution in [0.15, 0.2) is 73.2 Å². The van der Waals surface area contributed by atoms with E-state index in [1.54, 1.807) is 12.5 Å². The fraction of sp³-hybridized carbons (Fsp3) is 0.231. The SMILES string of the molecule is c1ccc(-n2cnc3c(NCCN4CCOCC4)nc(Nc4ccc5ncccc5c4)nc32)cc1. The molecule has 6 rings (SSSR count). The number of nitrogens with zero attached hydrogens (tertiary/aromatic N) is 6. The van der Waals surface area contributed by atoms with Crippen LogP contribution in [0.25, 0.3) is 27.8 Å². The number of benzene rings is 2. The third-order valence-electron chi connectivity index (χ3n) is 6.11. The summed E-state index contributed by atoms with van der Waals surface area (Å²) in [5.41, 5.74) is 4.32. The van der Waals surface area contributed by atoms with Gasteiger partial charge in [0.05, 0.1) is 18.7 Å². The summed E-state index contributed by atoms with van der Waals surface area (Å²) in [5, 5.41) is 7.93. The number of aromatic nitrogens is 5. The molecule has 2 aromatic carbocycles. The van der Waals surface area contributed by atoms with Gasteiger partial charge >= 0.3 is 0 Å². The van der Waals surface area contributed by atoms with Crippen LogP contribution in [0.5, 0.6) is 0 Å². The number of imidazole rings is 1. The van der Waals surface area contributed by atoms with Crippen LogP contribution in [0.4, 0.5) is 17.5 Å². The van der Waals surface area contributed by atoms with Gasteiger partial charge in [0.25, 0.3) is 0 Å². The molecule has 35 heavy (non-hydrogen) atoms. The van der Waals surface area contributed by atoms with Crippen molar-refractivity contribution in [1.29, 1.82) is 0 Å². The Hall–Kier alpha value is -4.08. The number of morpholine rings is 1. The van der Waals surface area contributed by atoms with Gasteiger partial charge in [0, 0.05) is 49.1 Å². The molecule has 0 atom stereocenters. The number of hydrogen-bond acceptors (Lipinski definition) is 8. The van der Waals surface area contributed by atoms with E-state index in [9.17, 15) is 0 Å². The molecule has 176 valence electrons. The summed E-state index contributed by atoms with van der Waals surface area (Å²) in [7, 11) is 0. The Morgan fingerprint density at radius 1 is 0.914 bits per heavy atom. The second-order valence-corrected chi connectivity index (χ2v) is 8.43. The predicted octanol–water partition coefficient (Wildman–Crippen LogP) is 3.85. The lowest BCUT2D eigenvalue weighted by atomic mass is 10.2. The molecule has 0 bridgehead atoms. The molecule has 0 amide bonds. The molecule has 9 heteroatoms. The first-order valence-electron chi connectivity index (χ1n) is 11.8. The maximum absolute atomic E-state index is 5.46. The van der Waals surface area contributed by atoms with E-state index >= 15 is 0 Å². The first-order valence-corrected chi connectivity index (χ1v) is 11.8. The smallest absolute Gasteiger partial charge is 0.231 e. The number of ether oxygens (including phenoxy) is 1. The van der Waals surface area contributed by atoms with Crippen molar-refractivity contribution in [3.05, 3.63) is 73.2 Å². The summed E-state index contributed by atoms with van der Waals surface area (Å²) < 4.78 is 7.44. The highest BCUT2D eigenvalue weighted by molar-refractivity contribution is 5.87. The zero-order valence-electron chi connectivity index (χ0n) is 19.3. The van der Waals surface area contributed by atoms with Crippen molar-refractivity contribution in [3.63, 3.8) is 0 Å². The number of rotatable bonds is 7. The first kappa shape index (κ1) is 21.5. The molecule has 0 aliphatic carbocycles. The van der Waals surface area contributed by atoms with E-state index in [4.69, 9.17) is 14.7 Å². The van der Waals surface area contributed by atoms with Crippen LogP contribution >= 0.6 is 0 Å². The average molecular weight is 467 g/mol. The standard InChI is InChI=1S/C26H26N8O/c1-2-6-21(7-3-1)34-18-29-23-24(28-11-12-33-13-15-35-16-14-33)31-26(32-25(23)34)30-20-8-9-22-19(17-20)5-4-10-27-22/h1-10,17-18H,11-16H2,(H2,28,30,31,32). The third kappa shape index (κ3) is 4.64. The van der Waals surface area contributed by atoms with E-state index in [1.165, 1.54) is 0 Å². The average Bonchev–Trinajstić information content (AvgIpc) is 3.34. The molecule has 3 aromatic heterocycles. The van der Waals surface area contributed by atoms with Gasteiger partial charge < -0.3 is 15.4 Å². The molecule has 2 N–H and O–H groups in total. The van der Waals surface area contributed by atoms with E-state index in [0.29, 0.717) is 11.8 Å². The number of hydrogen-bond donors (Lipinski definition) is 2. The quantitative estimate of drug-likeness (QED) is 0.374. The number of nitrogens with one attached hydrogen (secondary N) is 2. The van der Waals surface area contributed by atoms with Gasteiger partial charge in [0.2, 0.25) is 5.95 Å². The number of pyridine rings is 1. The van der Waals surface area contributed by atoms with Crippen molar-refractivity contribution in [2.24, 2.45) is 0 Å². The van der Waals surface area contributed by atoms with E-state index in [0.717, 1.165) is 72.8 Å². The third-order valence-corrected chi connectivity index (χ3v) is 6.11. The second kappa shape index (κ2) is 9.65. The minimum Gasteiger partial charge on any atom is -0.379 e. The van der Waals surface area contributed by atoms with Gasteiger partial charge in [-0.1, -0.05) is 24.3 Å². The van der Waals surface area contributed by atoms with E-state index in [1.807, 2.05) is 59.2 Å². The molecular formula is C26H26N8O. The summed E-state index contributed by atoms with van der Waals surface area (Å²) in [5.74, 6) is 1.22. The normalized spacial score (nSPS) is 14.4. The van der Waals surface area contributed by atoms with Gasteiger partial charge in [-0.15, -0.1) is 0 Å². The number of fused-ring (bicyclic) bond motifs is 2. The number of para-hydroxylation sites is 1. The van der Waals surface area contributed by atoms with Crippen molar-refractivity contribution in [3.8, 4) is 5.69 Å². The van der Waals surface area contributed by atoms with Gasteiger partial charge in [-0.25, -0.2) is 4.98 Å². The summed E-state index contributed by atoms with van der Waals surface area (Å²) in [4.78, 5) is 21.1. The molecule has 1 saturated heterocycles. The molecule has 4 heterocycles. The molecule has 9 nitrogen and oxygen atoms in total. The highest BCUT2D eigenvalue weighted by Crippen LogP contribution is 2.26. The summed E-state index contributed by atoms with van der Waals surface area (Å²) in [6.45, 7) is 5.14. The minimum absolute atomic E-state index is 0.507. The lowest BCUT2D eigenvalue weighted by molar-refractivity contribution is 0.0398. The van der Waals surface area contributed by atoms with Crippen LogP contribution in [0, 0.1) is 0 Å². The maximum atomic E-state index is 5.46. The molecule has 0 saturated carbocycles. The summed E-state index contributed by atoms with van der Waals surface area (Å²) in [6.07, 6.45) is 3.60. The largest absolute Gasteiger partial charge is 0.379 e. The minimum atomic E-state index is 0.507. The van der Waals surface area contributed by atoms with Crippen LogP contribution in [0.3, 0.4) is 0 Å². The Kier molecular flexibility index (Phi) is 5.92. The van der Waals surface area contributed by atoms with Crippen LogP contribution in [0.1, 0.15) is 0 Å². The van der Waals surface area contributed by atoms with Crippen LogP contribution in [0.2, 0.25) is 0 Å². The zero-order valence-corrected chi connectivity index (χ0v) is 19.3. The van der Waals surface area contributed by atoms with Crippen molar-refractivity contribution in [2.45, 2.75) is 0 Å². The molecule has 1 aliphatic rings. The van der Waals surface area contributed by atoms with Crippen LogP contribution in [-0.2, 0) is 4.74 Å². The molecule has 5 aromatic rings. The monoisotopic (exact) mass is 466 g/mol. The number of anilines is 3. The van der Waals surface area contributed by atoms with Gasteiger partial charge in [0.15, 0.2) is 17.0 Å². The molecule has 1 aliphatic heterocycles. The van der Waals surface area contributed by atoms with Crippen molar-refractivity contribution >= 4 is 39.5 Å². The first-order chi connectivity index (χ1) is 17.3. The topological polar surface area (TPSA) is 93.0 Å². The summed E-state index contributed by atoms with van der Waals surface area (Å²) >= 11 is 0. The van der Waals surface area contributed by atoms with Gasteiger partial charge in [-0.05, 0) is 36.4 Å². The zero-order chi connectivity index (χ0) is 23.5. The van der Waals surface area contributed by atoms with Crippen molar-refractivity contribution in [1.82, 2.24) is 29.4 Å². The van der Waals surface area contributed by atoms with Crippen molar-refractivity contribution in [2.75, 3.05) is 50.0 Å². The van der Waals surface area contributed by atoms with Crippen molar-refractivity contribution < 1.29 is 4.74 Å². The molecular weight excluding hydrogens is 440 g/mol. The molecule has 0 unspecified atom stereocenters. The van der Waals surface area contributed by atoms with Gasteiger partial charge in [-0.3, -0.25) is 14.5 Å². The highest BCUT2D eigenvalue weighted by Gasteiger charge is 2.16. The molecule has 1 fully saturated rings. The lowest BCUT2D eigenvalue weighted by Crippen LogP contribution is -2.39. The second-order valence-electron chi connectivity index (χ2n) is 8.43. The van der Waals surface area contributed by atoms with Crippen LogP contribution < -0.4 is 10.6 Å². The van der Waals surface area contributed by atoms with E-state index in [-0.39, 0.29) is 0 Å². The summed E-state index contributed by atoms with van der Waals surface area (Å²) in [6, 6.07) is 20.1. The Labute approximate surface area is 202 Å². The Morgan fingerprint density at radius 2 is 1.80 bits per heavy atom. The molecule has 0 radical (unpaired) electrons. The molecule has 0 spiro atoms. The highest BCUT2D eigenvalue weighted by atomic mass is 16.5. The lowest BCUT2D eigenvalue weighted by Gasteiger charge is -2.26. The maximum Gasteiger partial charge on any atom is 0.231 e. The Balaban J connectivity index is 1.33.